The lowest BCUT2D eigenvalue weighted by Gasteiger charge is -2.37. The first-order chi connectivity index (χ1) is 8.53. The van der Waals surface area contributed by atoms with Gasteiger partial charge in [0.05, 0.1) is 0 Å². The second-order valence-electron chi connectivity index (χ2n) is 6.56. The quantitative estimate of drug-likeness (QED) is 0.778. The van der Waals surface area contributed by atoms with Gasteiger partial charge < -0.3 is 5.32 Å². The van der Waals surface area contributed by atoms with Gasteiger partial charge in [0, 0.05) is 18.1 Å². The number of hydrogen-bond donors (Lipinski definition) is 1. The fraction of sp³-hybridized carbons (Fsp3) is 1.00. The Morgan fingerprint density at radius 1 is 1.28 bits per heavy atom. The molecule has 1 aliphatic heterocycles. The minimum Gasteiger partial charge on any atom is -0.310 e. The van der Waals surface area contributed by atoms with E-state index in [-0.39, 0.29) is 0 Å². The molecule has 1 fully saturated rings. The minimum atomic E-state index is 0.364. The molecule has 0 saturated carbocycles. The monoisotopic (exact) mass is 254 g/mol. The van der Waals surface area contributed by atoms with E-state index in [1.807, 2.05) is 0 Å². The summed E-state index contributed by atoms with van der Waals surface area (Å²) in [5.74, 6) is 0.840. The molecule has 1 unspecified atom stereocenters. The van der Waals surface area contributed by atoms with Crippen LogP contribution in [0.25, 0.3) is 0 Å². The largest absolute Gasteiger partial charge is 0.310 e. The van der Waals surface area contributed by atoms with E-state index in [4.69, 9.17) is 0 Å². The molecule has 1 atom stereocenters. The zero-order valence-electron chi connectivity index (χ0n) is 13.3. The molecule has 18 heavy (non-hydrogen) atoms. The Kier molecular flexibility index (Phi) is 6.65. The first kappa shape index (κ1) is 16.0. The van der Waals surface area contributed by atoms with Crippen molar-refractivity contribution in [2.24, 2.45) is 5.92 Å². The van der Waals surface area contributed by atoms with E-state index >= 15 is 0 Å². The van der Waals surface area contributed by atoms with Crippen molar-refractivity contribution in [2.45, 2.75) is 78.3 Å². The van der Waals surface area contributed by atoms with Gasteiger partial charge in [0.1, 0.15) is 0 Å². The standard InChI is InChI=1S/C16H34N2/c1-6-16(7-2)13-18(12-8-9-14(3)4)15(5)10-11-17-16/h14-15,17H,6-13H2,1-5H3. The molecule has 0 bridgehead atoms. The number of hydrogen-bond acceptors (Lipinski definition) is 2. The highest BCUT2D eigenvalue weighted by molar-refractivity contribution is 4.93. The predicted molar refractivity (Wildman–Crippen MR) is 81.0 cm³/mol. The lowest BCUT2D eigenvalue weighted by molar-refractivity contribution is 0.155. The van der Waals surface area contributed by atoms with Crippen molar-refractivity contribution in [2.75, 3.05) is 19.6 Å². The van der Waals surface area contributed by atoms with Crippen LogP contribution >= 0.6 is 0 Å². The smallest absolute Gasteiger partial charge is 0.0303 e. The van der Waals surface area contributed by atoms with E-state index in [9.17, 15) is 0 Å². The van der Waals surface area contributed by atoms with E-state index in [1.54, 1.807) is 0 Å². The van der Waals surface area contributed by atoms with Crippen molar-refractivity contribution in [3.05, 3.63) is 0 Å². The molecule has 0 aliphatic carbocycles. The van der Waals surface area contributed by atoms with Gasteiger partial charge in [0.25, 0.3) is 0 Å². The maximum Gasteiger partial charge on any atom is 0.0303 e. The van der Waals surface area contributed by atoms with Gasteiger partial charge in [-0.05, 0) is 58.0 Å². The number of nitrogens with one attached hydrogen (secondary N) is 1. The van der Waals surface area contributed by atoms with Gasteiger partial charge in [-0.25, -0.2) is 0 Å². The van der Waals surface area contributed by atoms with Gasteiger partial charge in [0.2, 0.25) is 0 Å². The van der Waals surface area contributed by atoms with E-state index in [2.05, 4.69) is 44.8 Å². The molecule has 2 nitrogen and oxygen atoms in total. The van der Waals surface area contributed by atoms with Crippen LogP contribution in [-0.4, -0.2) is 36.1 Å². The van der Waals surface area contributed by atoms with Crippen LogP contribution in [0.1, 0.15) is 66.7 Å². The van der Waals surface area contributed by atoms with E-state index in [0.717, 1.165) is 12.0 Å². The van der Waals surface area contributed by atoms with E-state index in [1.165, 1.54) is 51.7 Å². The minimum absolute atomic E-state index is 0.364. The van der Waals surface area contributed by atoms with Gasteiger partial charge in [-0.2, -0.15) is 0 Å². The SMILES string of the molecule is CCC1(CC)CN(CCCC(C)C)C(C)CCN1. The van der Waals surface area contributed by atoms with Crippen LogP contribution in [0.5, 0.6) is 0 Å². The summed E-state index contributed by atoms with van der Waals surface area (Å²) in [5, 5.41) is 3.81. The van der Waals surface area contributed by atoms with Gasteiger partial charge in [-0.3, -0.25) is 4.90 Å². The van der Waals surface area contributed by atoms with Gasteiger partial charge >= 0.3 is 0 Å². The topological polar surface area (TPSA) is 15.3 Å². The molecule has 1 rings (SSSR count). The summed E-state index contributed by atoms with van der Waals surface area (Å²) in [7, 11) is 0. The van der Waals surface area contributed by atoms with Gasteiger partial charge in [0.15, 0.2) is 0 Å². The summed E-state index contributed by atoms with van der Waals surface area (Å²) in [6, 6.07) is 0.740. The van der Waals surface area contributed by atoms with Crippen LogP contribution in [0.3, 0.4) is 0 Å². The van der Waals surface area contributed by atoms with E-state index < -0.39 is 0 Å². The van der Waals surface area contributed by atoms with Crippen molar-refractivity contribution in [1.82, 2.24) is 10.2 Å². The summed E-state index contributed by atoms with van der Waals surface area (Å²) >= 11 is 0. The molecule has 0 aromatic rings. The Hall–Kier alpha value is -0.0800. The van der Waals surface area contributed by atoms with Crippen LogP contribution < -0.4 is 5.32 Å². The van der Waals surface area contributed by atoms with Crippen molar-refractivity contribution in [1.29, 1.82) is 0 Å². The molecule has 0 radical (unpaired) electrons. The molecule has 0 aromatic heterocycles. The van der Waals surface area contributed by atoms with Crippen LogP contribution in [-0.2, 0) is 0 Å². The lowest BCUT2D eigenvalue weighted by atomic mass is 9.92. The molecule has 1 N–H and O–H groups in total. The van der Waals surface area contributed by atoms with E-state index in [0.29, 0.717) is 5.54 Å². The summed E-state index contributed by atoms with van der Waals surface area (Å²) in [6.07, 6.45) is 6.50. The third kappa shape index (κ3) is 4.55. The molecule has 108 valence electrons. The van der Waals surface area contributed by atoms with Crippen molar-refractivity contribution in [3.8, 4) is 0 Å². The van der Waals surface area contributed by atoms with Crippen molar-refractivity contribution in [3.63, 3.8) is 0 Å². The summed E-state index contributed by atoms with van der Waals surface area (Å²) in [6.45, 7) is 15.4. The highest BCUT2D eigenvalue weighted by Gasteiger charge is 2.32. The number of rotatable bonds is 6. The van der Waals surface area contributed by atoms with Gasteiger partial charge in [-0.1, -0.05) is 27.7 Å². The molecule has 2 heteroatoms. The third-order valence-corrected chi connectivity index (χ3v) is 4.77. The molecular weight excluding hydrogens is 220 g/mol. The molecule has 0 spiro atoms. The Bertz CT molecular complexity index is 221. The normalized spacial score (nSPS) is 25.3. The second kappa shape index (κ2) is 7.49. The maximum absolute atomic E-state index is 3.81. The molecule has 1 aliphatic rings. The maximum atomic E-state index is 3.81. The van der Waals surface area contributed by atoms with Crippen LogP contribution in [0.4, 0.5) is 0 Å². The third-order valence-electron chi connectivity index (χ3n) is 4.77. The number of nitrogens with zero attached hydrogens (tertiary/aromatic N) is 1. The van der Waals surface area contributed by atoms with Crippen molar-refractivity contribution < 1.29 is 0 Å². The zero-order chi connectivity index (χ0) is 13.6. The van der Waals surface area contributed by atoms with Crippen LogP contribution in [0, 0.1) is 5.92 Å². The fourth-order valence-electron chi connectivity index (χ4n) is 3.05. The summed E-state index contributed by atoms with van der Waals surface area (Å²) in [5.41, 5.74) is 0.364. The summed E-state index contributed by atoms with van der Waals surface area (Å²) < 4.78 is 0. The molecule has 1 saturated heterocycles. The van der Waals surface area contributed by atoms with Crippen LogP contribution in [0.15, 0.2) is 0 Å². The first-order valence-corrected chi connectivity index (χ1v) is 8.02. The Morgan fingerprint density at radius 3 is 2.50 bits per heavy atom. The lowest BCUT2D eigenvalue weighted by Crippen LogP contribution is -2.51. The Labute approximate surface area is 115 Å². The Balaban J connectivity index is 2.56. The molecule has 0 amide bonds. The van der Waals surface area contributed by atoms with Crippen LogP contribution in [0.2, 0.25) is 0 Å². The highest BCUT2D eigenvalue weighted by Crippen LogP contribution is 2.23. The highest BCUT2D eigenvalue weighted by atomic mass is 15.2. The second-order valence-corrected chi connectivity index (χ2v) is 6.56. The van der Waals surface area contributed by atoms with Crippen molar-refractivity contribution >= 4 is 0 Å². The molecule has 1 heterocycles. The first-order valence-electron chi connectivity index (χ1n) is 8.02. The average Bonchev–Trinajstić information content (AvgIpc) is 2.50. The van der Waals surface area contributed by atoms with Gasteiger partial charge in [-0.15, -0.1) is 0 Å². The average molecular weight is 254 g/mol. The predicted octanol–water partition coefficient (Wildman–Crippen LogP) is 3.67. The fourth-order valence-corrected chi connectivity index (χ4v) is 3.05. The zero-order valence-corrected chi connectivity index (χ0v) is 13.3. The summed E-state index contributed by atoms with van der Waals surface area (Å²) in [4.78, 5) is 2.73. The Morgan fingerprint density at radius 2 is 1.94 bits per heavy atom. The molecule has 0 aromatic carbocycles. The molecular formula is C16H34N2.